The van der Waals surface area contributed by atoms with Crippen LogP contribution in [-0.4, -0.2) is 46.8 Å². The number of nitrogens with one attached hydrogen (secondary N) is 1. The fourth-order valence-electron chi connectivity index (χ4n) is 3.92. The number of carbonyl (C=O) groups excluding carboxylic acids is 2. The molecule has 4 rings (SSSR count). The largest absolute Gasteiger partial charge is 0.376 e. The molecule has 128 valence electrons. The zero-order valence-electron chi connectivity index (χ0n) is 14.0. The van der Waals surface area contributed by atoms with E-state index < -0.39 is 6.04 Å². The smallest absolute Gasteiger partial charge is 0.256 e. The highest BCUT2D eigenvalue weighted by Crippen LogP contribution is 2.56. The maximum Gasteiger partial charge on any atom is 0.256 e. The molecule has 6 heteroatoms. The molecule has 2 amide bonds. The summed E-state index contributed by atoms with van der Waals surface area (Å²) >= 11 is 1.69. The monoisotopic (exact) mass is 346 g/mol. The van der Waals surface area contributed by atoms with Gasteiger partial charge in [-0.05, 0) is 38.3 Å². The molecule has 3 heterocycles. The van der Waals surface area contributed by atoms with Gasteiger partial charge in [-0.2, -0.15) is 0 Å². The van der Waals surface area contributed by atoms with Crippen LogP contribution in [0.2, 0.25) is 0 Å². The fraction of sp³-hybridized carbons (Fsp3) is 0.556. The van der Waals surface area contributed by atoms with Crippen LogP contribution in [0.15, 0.2) is 24.3 Å². The average molecular weight is 346 g/mol. The Hall–Kier alpha value is -1.53. The lowest BCUT2D eigenvalue weighted by atomic mass is 10.0. The summed E-state index contributed by atoms with van der Waals surface area (Å²) in [4.78, 5) is 27.5. The van der Waals surface area contributed by atoms with Crippen LogP contribution in [0.5, 0.6) is 0 Å². The molecule has 3 aliphatic heterocycles. The minimum Gasteiger partial charge on any atom is -0.376 e. The van der Waals surface area contributed by atoms with E-state index >= 15 is 0 Å². The first-order valence-corrected chi connectivity index (χ1v) is 9.36. The van der Waals surface area contributed by atoms with Gasteiger partial charge in [0.25, 0.3) is 5.91 Å². The topological polar surface area (TPSA) is 58.6 Å². The Kier molecular flexibility index (Phi) is 3.84. The van der Waals surface area contributed by atoms with Crippen molar-refractivity contribution in [2.75, 3.05) is 13.2 Å². The van der Waals surface area contributed by atoms with Crippen molar-refractivity contribution in [3.05, 3.63) is 35.4 Å². The molecule has 1 aromatic rings. The van der Waals surface area contributed by atoms with Crippen molar-refractivity contribution < 1.29 is 14.3 Å². The molecule has 2 fully saturated rings. The summed E-state index contributed by atoms with van der Waals surface area (Å²) in [5.74, 6) is -0.113. The predicted molar refractivity (Wildman–Crippen MR) is 92.8 cm³/mol. The number of rotatable bonds is 3. The SMILES string of the molecule is CC1(C)S[C@H]2c3ccccc3C(=O)N2[C@@H]1C(=O)NC[C@H]1CCCO1. The molecule has 0 spiro atoms. The average Bonchev–Trinajstić information content (AvgIpc) is 3.22. The maximum absolute atomic E-state index is 12.9. The molecule has 1 N–H and O–H groups in total. The first-order chi connectivity index (χ1) is 11.5. The third kappa shape index (κ3) is 2.43. The summed E-state index contributed by atoms with van der Waals surface area (Å²) in [6.45, 7) is 5.38. The molecule has 0 radical (unpaired) electrons. The number of benzene rings is 1. The molecular formula is C18H22N2O3S. The lowest BCUT2D eigenvalue weighted by molar-refractivity contribution is -0.126. The van der Waals surface area contributed by atoms with Crippen molar-refractivity contribution in [3.8, 4) is 0 Å². The number of amides is 2. The van der Waals surface area contributed by atoms with E-state index in [0.717, 1.165) is 30.6 Å². The minimum absolute atomic E-state index is 0.0362. The number of nitrogens with zero attached hydrogens (tertiary/aromatic N) is 1. The number of hydrogen-bond donors (Lipinski definition) is 1. The quantitative estimate of drug-likeness (QED) is 0.913. The highest BCUT2D eigenvalue weighted by molar-refractivity contribution is 8.01. The van der Waals surface area contributed by atoms with E-state index in [9.17, 15) is 9.59 Å². The molecule has 0 aromatic heterocycles. The predicted octanol–water partition coefficient (Wildman–Crippen LogP) is 2.33. The van der Waals surface area contributed by atoms with E-state index in [1.54, 1.807) is 16.7 Å². The Labute approximate surface area is 146 Å². The van der Waals surface area contributed by atoms with Gasteiger partial charge in [0, 0.05) is 23.5 Å². The highest BCUT2D eigenvalue weighted by Gasteiger charge is 2.57. The summed E-state index contributed by atoms with van der Waals surface area (Å²) in [7, 11) is 0. The van der Waals surface area contributed by atoms with Crippen LogP contribution < -0.4 is 5.32 Å². The molecule has 3 aliphatic rings. The number of carbonyl (C=O) groups is 2. The molecule has 1 aromatic carbocycles. The lowest BCUT2D eigenvalue weighted by Crippen LogP contribution is -2.53. The van der Waals surface area contributed by atoms with E-state index in [0.29, 0.717) is 6.54 Å². The highest BCUT2D eigenvalue weighted by atomic mass is 32.2. The zero-order valence-corrected chi connectivity index (χ0v) is 14.8. The Bertz CT molecular complexity index is 685. The van der Waals surface area contributed by atoms with Gasteiger partial charge in [-0.3, -0.25) is 9.59 Å². The van der Waals surface area contributed by atoms with Gasteiger partial charge in [0.2, 0.25) is 5.91 Å². The first kappa shape index (κ1) is 16.0. The maximum atomic E-state index is 12.9. The number of fused-ring (bicyclic) bond motifs is 3. The van der Waals surface area contributed by atoms with Gasteiger partial charge in [-0.25, -0.2) is 0 Å². The summed E-state index contributed by atoms with van der Waals surface area (Å²) < 4.78 is 5.25. The summed E-state index contributed by atoms with van der Waals surface area (Å²) in [5, 5.41) is 2.94. The number of thioether (sulfide) groups is 1. The van der Waals surface area contributed by atoms with Crippen LogP contribution in [0, 0.1) is 0 Å². The van der Waals surface area contributed by atoms with Crippen LogP contribution >= 0.6 is 11.8 Å². The van der Waals surface area contributed by atoms with Crippen LogP contribution in [-0.2, 0) is 9.53 Å². The van der Waals surface area contributed by atoms with Gasteiger partial charge in [0.15, 0.2) is 0 Å². The van der Waals surface area contributed by atoms with Crippen LogP contribution in [0.25, 0.3) is 0 Å². The van der Waals surface area contributed by atoms with Crippen molar-refractivity contribution >= 4 is 23.6 Å². The summed E-state index contributed by atoms with van der Waals surface area (Å²) in [6.07, 6.45) is 2.14. The molecule has 0 unspecified atom stereocenters. The summed E-state index contributed by atoms with van der Waals surface area (Å²) in [5.41, 5.74) is 1.75. The molecule has 3 atom stereocenters. The van der Waals surface area contributed by atoms with Crippen LogP contribution in [0.3, 0.4) is 0 Å². The van der Waals surface area contributed by atoms with Crippen molar-refractivity contribution in [2.45, 2.75) is 49.0 Å². The Morgan fingerprint density at radius 1 is 1.42 bits per heavy atom. The standard InChI is InChI=1S/C18H22N2O3S/c1-18(2)14(15(21)19-10-11-6-5-9-23-11)20-16(22)12-7-3-4-8-13(12)17(20)24-18/h3-4,7-8,11,14,17H,5-6,9-10H2,1-2H3,(H,19,21)/t11-,14-,17+/m1/s1. The van der Waals surface area contributed by atoms with E-state index in [1.165, 1.54) is 0 Å². The first-order valence-electron chi connectivity index (χ1n) is 8.48. The van der Waals surface area contributed by atoms with Crippen molar-refractivity contribution in [3.63, 3.8) is 0 Å². The minimum atomic E-state index is -0.464. The van der Waals surface area contributed by atoms with E-state index in [-0.39, 0.29) is 28.0 Å². The van der Waals surface area contributed by atoms with Crippen molar-refractivity contribution in [2.24, 2.45) is 0 Å². The van der Waals surface area contributed by atoms with Gasteiger partial charge in [-0.1, -0.05) is 18.2 Å². The van der Waals surface area contributed by atoms with Gasteiger partial charge in [0.1, 0.15) is 11.4 Å². The van der Waals surface area contributed by atoms with E-state index in [4.69, 9.17) is 4.74 Å². The second-order valence-corrected chi connectivity index (χ2v) is 8.89. The second-order valence-electron chi connectivity index (χ2n) is 7.16. The normalized spacial score (nSPS) is 30.3. The van der Waals surface area contributed by atoms with Crippen LogP contribution in [0.4, 0.5) is 0 Å². The third-order valence-electron chi connectivity index (χ3n) is 5.07. The Morgan fingerprint density at radius 2 is 2.21 bits per heavy atom. The molecule has 5 nitrogen and oxygen atoms in total. The Morgan fingerprint density at radius 3 is 2.96 bits per heavy atom. The van der Waals surface area contributed by atoms with Crippen molar-refractivity contribution in [1.29, 1.82) is 0 Å². The molecule has 2 saturated heterocycles. The van der Waals surface area contributed by atoms with Gasteiger partial charge >= 0.3 is 0 Å². The number of hydrogen-bond acceptors (Lipinski definition) is 4. The second kappa shape index (κ2) is 5.77. The number of ether oxygens (including phenoxy) is 1. The molecule has 0 bridgehead atoms. The van der Waals surface area contributed by atoms with Crippen LogP contribution in [0.1, 0.15) is 48.0 Å². The van der Waals surface area contributed by atoms with Gasteiger partial charge in [-0.15, -0.1) is 11.8 Å². The molecule has 24 heavy (non-hydrogen) atoms. The van der Waals surface area contributed by atoms with E-state index in [1.807, 2.05) is 38.1 Å². The van der Waals surface area contributed by atoms with Crippen molar-refractivity contribution in [1.82, 2.24) is 10.2 Å². The summed E-state index contributed by atoms with van der Waals surface area (Å²) in [6, 6.07) is 7.21. The van der Waals surface area contributed by atoms with Gasteiger partial charge in [0.05, 0.1) is 6.10 Å². The molecular weight excluding hydrogens is 324 g/mol. The molecule has 0 aliphatic carbocycles. The van der Waals surface area contributed by atoms with E-state index in [2.05, 4.69) is 5.32 Å². The zero-order chi connectivity index (χ0) is 16.9. The molecule has 0 saturated carbocycles. The van der Waals surface area contributed by atoms with Gasteiger partial charge < -0.3 is 15.0 Å². The fourth-order valence-corrected chi connectivity index (χ4v) is 5.51. The Balaban J connectivity index is 1.56. The lowest BCUT2D eigenvalue weighted by Gasteiger charge is -2.29. The third-order valence-corrected chi connectivity index (χ3v) is 6.61.